The number of hydrogen-bond acceptors (Lipinski definition) is 1. The van der Waals surface area contributed by atoms with Gasteiger partial charge in [-0.3, -0.25) is 0 Å². The van der Waals surface area contributed by atoms with E-state index in [-0.39, 0.29) is 5.82 Å². The van der Waals surface area contributed by atoms with Gasteiger partial charge in [0, 0.05) is 10.9 Å². The number of hydrogen-bond donors (Lipinski definition) is 1. The Morgan fingerprint density at radius 3 is 2.55 bits per heavy atom. The highest BCUT2D eigenvalue weighted by molar-refractivity contribution is 9.10. The van der Waals surface area contributed by atoms with Crippen LogP contribution in [0.15, 0.2) is 53.0 Å². The van der Waals surface area contributed by atoms with Crippen LogP contribution in [-0.2, 0) is 12.8 Å². The molecule has 0 spiro atoms. The highest BCUT2D eigenvalue weighted by Gasteiger charge is 2.09. The largest absolute Gasteiger partial charge is 0.393 e. The lowest BCUT2D eigenvalue weighted by Gasteiger charge is -2.11. The number of aliphatic hydroxyl groups excluding tert-OH is 1. The molecular formula is C17H18BrFO. The molecule has 0 aliphatic rings. The Kier molecular flexibility index (Phi) is 5.74. The minimum atomic E-state index is -0.491. The average Bonchev–Trinajstić information content (AvgIpc) is 2.43. The fraction of sp³-hybridized carbons (Fsp3) is 0.294. The van der Waals surface area contributed by atoms with E-state index in [2.05, 4.69) is 28.1 Å². The summed E-state index contributed by atoms with van der Waals surface area (Å²) < 4.78 is 14.4. The maximum absolute atomic E-state index is 13.7. The van der Waals surface area contributed by atoms with Crippen molar-refractivity contribution in [2.45, 2.75) is 31.8 Å². The Morgan fingerprint density at radius 1 is 1.10 bits per heavy atom. The first kappa shape index (κ1) is 15.2. The molecule has 2 aromatic rings. The first-order chi connectivity index (χ1) is 9.65. The van der Waals surface area contributed by atoms with Crippen molar-refractivity contribution in [3.63, 3.8) is 0 Å². The second-order valence-corrected chi connectivity index (χ2v) is 5.89. The van der Waals surface area contributed by atoms with Crippen LogP contribution >= 0.6 is 15.9 Å². The van der Waals surface area contributed by atoms with Crippen molar-refractivity contribution in [2.24, 2.45) is 0 Å². The van der Waals surface area contributed by atoms with Gasteiger partial charge < -0.3 is 5.11 Å². The SMILES string of the molecule is OC(CCCc1ccccc1)Cc1ccc(Br)cc1F. The lowest BCUT2D eigenvalue weighted by molar-refractivity contribution is 0.161. The molecule has 1 atom stereocenters. The van der Waals surface area contributed by atoms with Gasteiger partial charge in [0.15, 0.2) is 0 Å². The number of aryl methyl sites for hydroxylation is 1. The molecule has 1 nitrogen and oxygen atoms in total. The Morgan fingerprint density at radius 2 is 1.85 bits per heavy atom. The molecule has 0 aliphatic carbocycles. The average molecular weight is 337 g/mol. The van der Waals surface area contributed by atoms with Gasteiger partial charge in [0.1, 0.15) is 5.82 Å². The van der Waals surface area contributed by atoms with E-state index in [0.29, 0.717) is 18.4 Å². The second-order valence-electron chi connectivity index (χ2n) is 4.97. The van der Waals surface area contributed by atoms with Gasteiger partial charge in [0.2, 0.25) is 0 Å². The summed E-state index contributed by atoms with van der Waals surface area (Å²) in [5, 5.41) is 10.00. The molecule has 0 saturated carbocycles. The summed E-state index contributed by atoms with van der Waals surface area (Å²) in [6.45, 7) is 0. The summed E-state index contributed by atoms with van der Waals surface area (Å²) in [6, 6.07) is 15.2. The summed E-state index contributed by atoms with van der Waals surface area (Å²) in [5.41, 5.74) is 1.84. The molecule has 0 radical (unpaired) electrons. The normalized spacial score (nSPS) is 12.3. The van der Waals surface area contributed by atoms with E-state index in [4.69, 9.17) is 0 Å². The standard InChI is InChI=1S/C17H18BrFO/c18-15-10-9-14(17(19)12-15)11-16(20)8-4-7-13-5-2-1-3-6-13/h1-3,5-6,9-10,12,16,20H,4,7-8,11H2. The first-order valence-electron chi connectivity index (χ1n) is 6.81. The van der Waals surface area contributed by atoms with Crippen LogP contribution in [-0.4, -0.2) is 11.2 Å². The maximum atomic E-state index is 13.7. The molecule has 1 unspecified atom stereocenters. The predicted molar refractivity (Wildman–Crippen MR) is 83.2 cm³/mol. The second kappa shape index (κ2) is 7.55. The van der Waals surface area contributed by atoms with Crippen LogP contribution in [0.4, 0.5) is 4.39 Å². The number of benzene rings is 2. The van der Waals surface area contributed by atoms with Crippen molar-refractivity contribution >= 4 is 15.9 Å². The van der Waals surface area contributed by atoms with Crippen molar-refractivity contribution in [3.8, 4) is 0 Å². The zero-order valence-corrected chi connectivity index (χ0v) is 12.8. The fourth-order valence-corrected chi connectivity index (χ4v) is 2.56. The molecule has 0 aromatic heterocycles. The van der Waals surface area contributed by atoms with Gasteiger partial charge in [-0.05, 0) is 42.5 Å². The summed E-state index contributed by atoms with van der Waals surface area (Å²) in [4.78, 5) is 0. The monoisotopic (exact) mass is 336 g/mol. The number of aliphatic hydroxyl groups is 1. The molecule has 106 valence electrons. The predicted octanol–water partition coefficient (Wildman–Crippen LogP) is 4.51. The molecule has 2 aromatic carbocycles. The van der Waals surface area contributed by atoms with Gasteiger partial charge in [0.05, 0.1) is 6.10 Å². The molecule has 0 amide bonds. The van der Waals surface area contributed by atoms with Crippen molar-refractivity contribution in [1.29, 1.82) is 0 Å². The molecule has 0 saturated heterocycles. The van der Waals surface area contributed by atoms with Crippen LogP contribution in [0.1, 0.15) is 24.0 Å². The zero-order valence-electron chi connectivity index (χ0n) is 11.2. The van der Waals surface area contributed by atoms with E-state index in [9.17, 15) is 9.50 Å². The van der Waals surface area contributed by atoms with Gasteiger partial charge in [-0.15, -0.1) is 0 Å². The maximum Gasteiger partial charge on any atom is 0.127 e. The molecule has 2 rings (SSSR count). The summed E-state index contributed by atoms with van der Waals surface area (Å²) in [5.74, 6) is -0.263. The van der Waals surface area contributed by atoms with Crippen molar-refractivity contribution in [3.05, 3.63) is 69.9 Å². The van der Waals surface area contributed by atoms with E-state index < -0.39 is 6.10 Å². The summed E-state index contributed by atoms with van der Waals surface area (Å²) in [6.07, 6.45) is 2.41. The van der Waals surface area contributed by atoms with Crippen molar-refractivity contribution in [1.82, 2.24) is 0 Å². The van der Waals surface area contributed by atoms with E-state index in [0.717, 1.165) is 17.3 Å². The van der Waals surface area contributed by atoms with Crippen LogP contribution in [0.5, 0.6) is 0 Å². The van der Waals surface area contributed by atoms with Crippen LogP contribution in [0, 0.1) is 5.82 Å². The Labute approximate surface area is 127 Å². The Bertz CT molecular complexity index is 542. The third-order valence-corrected chi connectivity index (χ3v) is 3.81. The molecular weight excluding hydrogens is 319 g/mol. The number of halogens is 2. The molecule has 0 bridgehead atoms. The van der Waals surface area contributed by atoms with Crippen LogP contribution in [0.3, 0.4) is 0 Å². The van der Waals surface area contributed by atoms with Crippen molar-refractivity contribution < 1.29 is 9.50 Å². The zero-order chi connectivity index (χ0) is 14.4. The minimum Gasteiger partial charge on any atom is -0.393 e. The first-order valence-corrected chi connectivity index (χ1v) is 7.60. The molecule has 1 N–H and O–H groups in total. The van der Waals surface area contributed by atoms with Crippen LogP contribution in [0.2, 0.25) is 0 Å². The smallest absolute Gasteiger partial charge is 0.127 e. The van der Waals surface area contributed by atoms with Gasteiger partial charge in [-0.25, -0.2) is 4.39 Å². The van der Waals surface area contributed by atoms with E-state index in [1.54, 1.807) is 12.1 Å². The number of rotatable bonds is 6. The molecule has 0 heterocycles. The van der Waals surface area contributed by atoms with Gasteiger partial charge in [0.25, 0.3) is 0 Å². The highest BCUT2D eigenvalue weighted by Crippen LogP contribution is 2.18. The van der Waals surface area contributed by atoms with Gasteiger partial charge in [-0.1, -0.05) is 52.3 Å². The molecule has 20 heavy (non-hydrogen) atoms. The fourth-order valence-electron chi connectivity index (χ4n) is 2.23. The van der Waals surface area contributed by atoms with E-state index in [1.807, 2.05) is 18.2 Å². The Balaban J connectivity index is 1.79. The van der Waals surface area contributed by atoms with Crippen LogP contribution in [0.25, 0.3) is 0 Å². The van der Waals surface area contributed by atoms with Crippen molar-refractivity contribution in [2.75, 3.05) is 0 Å². The van der Waals surface area contributed by atoms with Gasteiger partial charge >= 0.3 is 0 Å². The quantitative estimate of drug-likeness (QED) is 0.822. The van der Waals surface area contributed by atoms with Crippen LogP contribution < -0.4 is 0 Å². The summed E-state index contributed by atoms with van der Waals surface area (Å²) in [7, 11) is 0. The molecule has 0 fully saturated rings. The molecule has 3 heteroatoms. The minimum absolute atomic E-state index is 0.263. The lowest BCUT2D eigenvalue weighted by atomic mass is 10.0. The van der Waals surface area contributed by atoms with Gasteiger partial charge in [-0.2, -0.15) is 0 Å². The van der Waals surface area contributed by atoms with E-state index >= 15 is 0 Å². The van der Waals surface area contributed by atoms with E-state index in [1.165, 1.54) is 11.6 Å². The topological polar surface area (TPSA) is 20.2 Å². The third kappa shape index (κ3) is 4.73. The lowest BCUT2D eigenvalue weighted by Crippen LogP contribution is -2.11. The molecule has 0 aliphatic heterocycles. The Hall–Kier alpha value is -1.19. The highest BCUT2D eigenvalue weighted by atomic mass is 79.9. The summed E-state index contributed by atoms with van der Waals surface area (Å²) >= 11 is 3.23. The third-order valence-electron chi connectivity index (χ3n) is 3.32.